The molecule has 0 bridgehead atoms. The molecule has 0 radical (unpaired) electrons. The number of hydrogen-bond acceptors (Lipinski definition) is 4. The number of hydrogen-bond donors (Lipinski definition) is 0. The lowest BCUT2D eigenvalue weighted by Gasteiger charge is -2.17. The number of aromatic nitrogens is 2. The lowest BCUT2D eigenvalue weighted by molar-refractivity contribution is -0.119. The summed E-state index contributed by atoms with van der Waals surface area (Å²) in [6.45, 7) is -1.06. The van der Waals surface area contributed by atoms with E-state index >= 15 is 0 Å². The largest absolute Gasteiger partial charge is 0.405 e. The number of anilines is 1. The predicted molar refractivity (Wildman–Crippen MR) is 64.6 cm³/mol. The maximum absolute atomic E-state index is 13.0. The highest BCUT2D eigenvalue weighted by Gasteiger charge is 2.30. The molecule has 0 aromatic carbocycles. The zero-order chi connectivity index (χ0) is 14.0. The van der Waals surface area contributed by atoms with Crippen molar-refractivity contribution in [3.63, 3.8) is 0 Å². The average molecular weight is 291 g/mol. The van der Waals surface area contributed by atoms with E-state index < -0.39 is 18.5 Å². The molecule has 2 aromatic heterocycles. The SMILES string of the molecule is CN(CC(F)(F)F)c1cnc(-c2cncc(F)c2)s1. The van der Waals surface area contributed by atoms with Crippen molar-refractivity contribution >= 4 is 16.3 Å². The zero-order valence-electron chi connectivity index (χ0n) is 9.78. The highest BCUT2D eigenvalue weighted by Crippen LogP contribution is 2.31. The summed E-state index contributed by atoms with van der Waals surface area (Å²) < 4.78 is 49.8. The van der Waals surface area contributed by atoms with Gasteiger partial charge in [0.05, 0.1) is 12.4 Å². The van der Waals surface area contributed by atoms with E-state index in [-0.39, 0.29) is 0 Å². The first-order valence-corrected chi connectivity index (χ1v) is 6.01. The Kier molecular flexibility index (Phi) is 3.70. The second-order valence-electron chi connectivity index (χ2n) is 3.87. The van der Waals surface area contributed by atoms with E-state index in [1.54, 1.807) is 0 Å². The molecule has 102 valence electrons. The van der Waals surface area contributed by atoms with Crippen molar-refractivity contribution in [1.29, 1.82) is 0 Å². The van der Waals surface area contributed by atoms with Gasteiger partial charge < -0.3 is 4.90 Å². The molecule has 0 saturated carbocycles. The molecule has 0 aliphatic heterocycles. The number of thiazole rings is 1. The van der Waals surface area contributed by atoms with E-state index in [0.717, 1.165) is 22.4 Å². The molecule has 0 spiro atoms. The summed E-state index contributed by atoms with van der Waals surface area (Å²) in [4.78, 5) is 8.70. The minimum Gasteiger partial charge on any atom is -0.356 e. The Labute approximate surface area is 110 Å². The van der Waals surface area contributed by atoms with Crippen LogP contribution in [-0.4, -0.2) is 29.7 Å². The van der Waals surface area contributed by atoms with E-state index in [1.807, 2.05) is 0 Å². The molecule has 0 aliphatic carbocycles. The first-order valence-electron chi connectivity index (χ1n) is 5.20. The Morgan fingerprint density at radius 2 is 2.00 bits per heavy atom. The number of pyridine rings is 1. The van der Waals surface area contributed by atoms with Gasteiger partial charge in [0.1, 0.15) is 22.4 Å². The monoisotopic (exact) mass is 291 g/mol. The van der Waals surface area contributed by atoms with Crippen molar-refractivity contribution in [3.05, 3.63) is 30.5 Å². The first kappa shape index (κ1) is 13.7. The topological polar surface area (TPSA) is 29.0 Å². The second-order valence-corrected chi connectivity index (χ2v) is 4.88. The van der Waals surface area contributed by atoms with Gasteiger partial charge in [0.15, 0.2) is 0 Å². The molecule has 0 aliphatic rings. The fourth-order valence-corrected chi connectivity index (χ4v) is 2.31. The van der Waals surface area contributed by atoms with Gasteiger partial charge in [-0.15, -0.1) is 0 Å². The Morgan fingerprint density at radius 3 is 2.63 bits per heavy atom. The predicted octanol–water partition coefficient (Wildman–Crippen LogP) is 3.34. The van der Waals surface area contributed by atoms with Crippen LogP contribution < -0.4 is 4.90 Å². The summed E-state index contributed by atoms with van der Waals surface area (Å²) in [6, 6.07) is 1.24. The van der Waals surface area contributed by atoms with Gasteiger partial charge >= 0.3 is 6.18 Å². The van der Waals surface area contributed by atoms with Gasteiger partial charge in [-0.25, -0.2) is 9.37 Å². The van der Waals surface area contributed by atoms with Crippen molar-refractivity contribution in [3.8, 4) is 10.6 Å². The van der Waals surface area contributed by atoms with Crippen molar-refractivity contribution in [2.24, 2.45) is 0 Å². The minimum absolute atomic E-state index is 0.358. The van der Waals surface area contributed by atoms with Gasteiger partial charge in [-0.05, 0) is 6.07 Å². The van der Waals surface area contributed by atoms with Crippen LogP contribution in [0.4, 0.5) is 22.6 Å². The standard InChI is InChI=1S/C11H9F4N3S/c1-18(6-11(13,14)15)9-5-17-10(19-9)7-2-8(12)4-16-3-7/h2-5H,6H2,1H3. The Hall–Kier alpha value is -1.70. The third-order valence-electron chi connectivity index (χ3n) is 2.24. The molecule has 0 N–H and O–H groups in total. The molecular formula is C11H9F4N3S. The molecule has 0 atom stereocenters. The Morgan fingerprint density at radius 1 is 1.26 bits per heavy atom. The molecule has 2 heterocycles. The summed E-state index contributed by atoms with van der Waals surface area (Å²) in [5.41, 5.74) is 0.441. The van der Waals surface area contributed by atoms with Gasteiger partial charge in [-0.3, -0.25) is 4.98 Å². The lowest BCUT2D eigenvalue weighted by Crippen LogP contribution is -2.30. The third kappa shape index (κ3) is 3.63. The highest BCUT2D eigenvalue weighted by atomic mass is 32.1. The van der Waals surface area contributed by atoms with Gasteiger partial charge in [-0.2, -0.15) is 13.2 Å². The van der Waals surface area contributed by atoms with Gasteiger partial charge in [-0.1, -0.05) is 11.3 Å². The van der Waals surface area contributed by atoms with Crippen molar-refractivity contribution in [2.45, 2.75) is 6.18 Å². The molecule has 2 rings (SSSR count). The van der Waals surface area contributed by atoms with Crippen LogP contribution in [0.15, 0.2) is 24.7 Å². The molecular weight excluding hydrogens is 282 g/mol. The molecule has 2 aromatic rings. The Balaban J connectivity index is 2.19. The summed E-state index contributed by atoms with van der Waals surface area (Å²) in [5.74, 6) is -0.516. The van der Waals surface area contributed by atoms with E-state index in [0.29, 0.717) is 15.6 Å². The number of nitrogens with zero attached hydrogens (tertiary/aromatic N) is 3. The van der Waals surface area contributed by atoms with Crippen LogP contribution in [0.1, 0.15) is 0 Å². The van der Waals surface area contributed by atoms with Crippen LogP contribution in [0.25, 0.3) is 10.6 Å². The Bertz CT molecular complexity index is 567. The highest BCUT2D eigenvalue weighted by molar-refractivity contribution is 7.18. The van der Waals surface area contributed by atoms with Crippen molar-refractivity contribution in [2.75, 3.05) is 18.5 Å². The maximum Gasteiger partial charge on any atom is 0.405 e. The van der Waals surface area contributed by atoms with Crippen molar-refractivity contribution < 1.29 is 17.6 Å². The third-order valence-corrected chi connectivity index (χ3v) is 3.40. The van der Waals surface area contributed by atoms with Crippen LogP contribution in [0.3, 0.4) is 0 Å². The van der Waals surface area contributed by atoms with Gasteiger partial charge in [0, 0.05) is 18.8 Å². The molecule has 0 saturated heterocycles. The van der Waals surface area contributed by atoms with Crippen LogP contribution in [0.5, 0.6) is 0 Å². The fraction of sp³-hybridized carbons (Fsp3) is 0.273. The zero-order valence-corrected chi connectivity index (χ0v) is 10.6. The summed E-state index contributed by atoms with van der Waals surface area (Å²) >= 11 is 1.05. The van der Waals surface area contributed by atoms with Crippen LogP contribution in [0, 0.1) is 5.82 Å². The van der Waals surface area contributed by atoms with Crippen LogP contribution in [-0.2, 0) is 0 Å². The normalized spacial score (nSPS) is 11.6. The second kappa shape index (κ2) is 5.12. The summed E-state index contributed by atoms with van der Waals surface area (Å²) in [5, 5.41) is 0.785. The molecule has 0 amide bonds. The smallest absolute Gasteiger partial charge is 0.356 e. The van der Waals surface area contributed by atoms with E-state index in [9.17, 15) is 17.6 Å². The van der Waals surface area contributed by atoms with Gasteiger partial charge in [0.25, 0.3) is 0 Å². The minimum atomic E-state index is -4.28. The number of halogens is 4. The lowest BCUT2D eigenvalue weighted by atomic mass is 10.3. The van der Waals surface area contributed by atoms with Crippen LogP contribution in [0.2, 0.25) is 0 Å². The molecule has 3 nitrogen and oxygen atoms in total. The van der Waals surface area contributed by atoms with E-state index in [4.69, 9.17) is 0 Å². The number of rotatable bonds is 3. The fourth-order valence-electron chi connectivity index (χ4n) is 1.45. The van der Waals surface area contributed by atoms with Gasteiger partial charge in [0.2, 0.25) is 0 Å². The van der Waals surface area contributed by atoms with Crippen LogP contribution >= 0.6 is 11.3 Å². The molecule has 0 fully saturated rings. The summed E-state index contributed by atoms with van der Waals surface area (Å²) in [7, 11) is 1.33. The average Bonchev–Trinajstić information content (AvgIpc) is 2.75. The summed E-state index contributed by atoms with van der Waals surface area (Å²) in [6.07, 6.45) is -0.487. The molecule has 0 unspecified atom stereocenters. The number of alkyl halides is 3. The van der Waals surface area contributed by atoms with E-state index in [1.165, 1.54) is 25.5 Å². The van der Waals surface area contributed by atoms with E-state index in [2.05, 4.69) is 9.97 Å². The van der Waals surface area contributed by atoms with Crippen molar-refractivity contribution in [1.82, 2.24) is 9.97 Å². The quantitative estimate of drug-likeness (QED) is 0.812. The molecule has 19 heavy (non-hydrogen) atoms. The molecule has 8 heteroatoms. The first-order chi connectivity index (χ1) is 8.85. The maximum atomic E-state index is 13.0.